The zero-order valence-corrected chi connectivity index (χ0v) is 27.7. The summed E-state index contributed by atoms with van der Waals surface area (Å²) in [6.07, 6.45) is 0. The van der Waals surface area contributed by atoms with Crippen LogP contribution in [0.2, 0.25) is 0 Å². The Kier molecular flexibility index (Phi) is 11.0. The van der Waals surface area contributed by atoms with Crippen molar-refractivity contribution in [1.82, 2.24) is 0 Å². The average molecular weight is 610 g/mol. The van der Waals surface area contributed by atoms with Gasteiger partial charge >= 0.3 is 223 Å². The molecule has 0 radical (unpaired) electrons. The molecule has 2 aromatic rings. The predicted molar refractivity (Wildman–Crippen MR) is 142 cm³/mol. The van der Waals surface area contributed by atoms with E-state index in [0.717, 1.165) is 33.4 Å². The smallest absolute Gasteiger partial charge is 1.00 e. The van der Waals surface area contributed by atoms with Gasteiger partial charge in [-0.1, -0.05) is 0 Å². The molecule has 2 aromatic carbocycles. The van der Waals surface area contributed by atoms with Gasteiger partial charge in [0.2, 0.25) is 0 Å². The number of rotatable bonds is 4. The van der Waals surface area contributed by atoms with Crippen molar-refractivity contribution in [2.24, 2.45) is 10.8 Å². The van der Waals surface area contributed by atoms with E-state index in [-0.39, 0.29) is 53.9 Å². The van der Waals surface area contributed by atoms with E-state index in [4.69, 9.17) is 3.32 Å². The molecular weight excluding hydrogens is 574 g/mol. The van der Waals surface area contributed by atoms with Gasteiger partial charge < -0.3 is 37.2 Å². The number of halogens is 4. The fourth-order valence-corrected chi connectivity index (χ4v) is 6.50. The van der Waals surface area contributed by atoms with Crippen LogP contribution >= 0.6 is 0 Å². The molecule has 0 bridgehead atoms. The maximum Gasteiger partial charge on any atom is -1.00 e. The summed E-state index contributed by atoms with van der Waals surface area (Å²) in [6, 6.07) is 12.0. The molecule has 0 saturated carbocycles. The minimum absolute atomic E-state index is 0. The fraction of sp³-hybridized carbons (Fsp3) is 0.375. The summed E-state index contributed by atoms with van der Waals surface area (Å²) in [5.74, 6) is 0.554. The monoisotopic (exact) mass is 608 g/mol. The van der Waals surface area contributed by atoms with Crippen LogP contribution in [0.4, 0.5) is 4.39 Å². The molecule has 0 heterocycles. The van der Waals surface area contributed by atoms with E-state index < -0.39 is 0 Å². The van der Waals surface area contributed by atoms with Gasteiger partial charge in [0.15, 0.2) is 0 Å². The predicted octanol–water partition coefficient (Wildman–Crippen LogP) is 0.645. The number of hydrogen-bond donors (Lipinski definition) is 0. The quantitative estimate of drug-likeness (QED) is 0.463. The van der Waals surface area contributed by atoms with E-state index in [1.807, 2.05) is 36.4 Å². The SMILES string of the molecule is CC1=C(C)C(C)(C)C(c2cc([O][Ti+3])c(-c3ccccc3)c(C3=C(C)C(C)=C(C)C3(C)C)c2F)=C1C.[Cl-].[Cl-].[Cl-]. The second-order valence-corrected chi connectivity index (χ2v) is 11.5. The molecule has 2 aliphatic carbocycles. The Hall–Kier alpha value is -1.29. The molecule has 4 rings (SSSR count). The molecule has 0 saturated heterocycles. The molecular formula is C32H36Cl3FOTi. The maximum absolute atomic E-state index is 17.2. The first-order chi connectivity index (χ1) is 16.3. The van der Waals surface area contributed by atoms with Gasteiger partial charge in [-0.05, 0) is 0 Å². The summed E-state index contributed by atoms with van der Waals surface area (Å²) in [4.78, 5) is 0. The van der Waals surface area contributed by atoms with Gasteiger partial charge in [0.25, 0.3) is 0 Å². The van der Waals surface area contributed by atoms with Crippen molar-refractivity contribution in [3.05, 3.63) is 86.8 Å². The number of allylic oxidation sites excluding steroid dienone is 8. The van der Waals surface area contributed by atoms with Crippen molar-refractivity contribution < 1.29 is 65.8 Å². The summed E-state index contributed by atoms with van der Waals surface area (Å²) in [6.45, 7) is 21.7. The third kappa shape index (κ3) is 5.01. The first-order valence-electron chi connectivity index (χ1n) is 12.3. The van der Waals surface area contributed by atoms with Gasteiger partial charge in [-0.2, -0.15) is 0 Å². The molecule has 0 aliphatic heterocycles. The summed E-state index contributed by atoms with van der Waals surface area (Å²) in [5, 5.41) is 0. The topological polar surface area (TPSA) is 9.23 Å². The Bertz CT molecular complexity index is 1380. The third-order valence-corrected chi connectivity index (χ3v) is 9.39. The van der Waals surface area contributed by atoms with Crippen molar-refractivity contribution in [1.29, 1.82) is 0 Å². The molecule has 38 heavy (non-hydrogen) atoms. The minimum atomic E-state index is -0.291. The molecule has 0 N–H and O–H groups in total. The Morgan fingerprint density at radius 2 is 1.11 bits per heavy atom. The van der Waals surface area contributed by atoms with Crippen LogP contribution in [0.15, 0.2) is 69.8 Å². The van der Waals surface area contributed by atoms with Gasteiger partial charge in [-0.25, -0.2) is 0 Å². The van der Waals surface area contributed by atoms with Crippen LogP contribution in [-0.2, 0) is 20.8 Å². The third-order valence-electron chi connectivity index (χ3n) is 9.04. The van der Waals surface area contributed by atoms with Crippen LogP contribution in [0.3, 0.4) is 0 Å². The molecule has 202 valence electrons. The van der Waals surface area contributed by atoms with Gasteiger partial charge in [0.1, 0.15) is 0 Å². The minimum Gasteiger partial charge on any atom is -1.00 e. The Morgan fingerprint density at radius 3 is 1.50 bits per heavy atom. The Labute approximate surface area is 259 Å². The van der Waals surface area contributed by atoms with Crippen molar-refractivity contribution in [2.75, 3.05) is 0 Å². The van der Waals surface area contributed by atoms with Crippen LogP contribution in [0.5, 0.6) is 5.75 Å². The zero-order valence-electron chi connectivity index (χ0n) is 23.9. The first kappa shape index (κ1) is 34.7. The van der Waals surface area contributed by atoms with Gasteiger partial charge in [0, 0.05) is 0 Å². The van der Waals surface area contributed by atoms with Crippen LogP contribution in [0, 0.1) is 16.6 Å². The summed E-state index contributed by atoms with van der Waals surface area (Å²) < 4.78 is 23.2. The van der Waals surface area contributed by atoms with Crippen LogP contribution < -0.4 is 40.5 Å². The fourth-order valence-electron chi connectivity index (χ4n) is 6.25. The molecule has 0 fully saturated rings. The molecule has 2 aliphatic rings. The van der Waals surface area contributed by atoms with E-state index in [1.54, 1.807) is 20.8 Å². The molecule has 0 amide bonds. The molecule has 6 heteroatoms. The molecule has 0 spiro atoms. The van der Waals surface area contributed by atoms with Crippen molar-refractivity contribution in [2.45, 2.75) is 69.2 Å². The second kappa shape index (κ2) is 12.1. The van der Waals surface area contributed by atoms with Gasteiger partial charge in [-0.3, -0.25) is 0 Å². The van der Waals surface area contributed by atoms with E-state index >= 15 is 4.39 Å². The molecule has 0 atom stereocenters. The van der Waals surface area contributed by atoms with Gasteiger partial charge in [-0.15, -0.1) is 0 Å². The normalized spacial score (nSPS) is 17.9. The molecule has 1 nitrogen and oxygen atoms in total. The van der Waals surface area contributed by atoms with E-state index in [9.17, 15) is 0 Å². The summed E-state index contributed by atoms with van der Waals surface area (Å²) in [5.41, 5.74) is 12.1. The van der Waals surface area contributed by atoms with E-state index in [2.05, 4.69) is 69.2 Å². The standard InChI is InChI=1S/C32H37FO.3ClH.Ti/c1-17-19(3)28(31(7,8)21(17)5)24-16-25(34)26(23-14-12-11-13-15-23)27(30(24)33)29-20(4)18(2)22(6)32(29,9)10;;;;/h11-16,34H,1-10H3;3*1H;/q;;;;+4/p-4. The Morgan fingerprint density at radius 1 is 0.658 bits per heavy atom. The first-order valence-corrected chi connectivity index (χ1v) is 13.0. The van der Waals surface area contributed by atoms with E-state index in [0.29, 0.717) is 16.9 Å². The van der Waals surface area contributed by atoms with Crippen LogP contribution in [-0.4, -0.2) is 0 Å². The summed E-state index contributed by atoms with van der Waals surface area (Å²) in [7, 11) is 0. The van der Waals surface area contributed by atoms with E-state index in [1.165, 1.54) is 22.3 Å². The van der Waals surface area contributed by atoms with Crippen molar-refractivity contribution in [3.8, 4) is 16.9 Å². The van der Waals surface area contributed by atoms with Crippen LogP contribution in [0.25, 0.3) is 22.3 Å². The van der Waals surface area contributed by atoms with Crippen LogP contribution in [0.1, 0.15) is 80.4 Å². The Balaban J connectivity index is 0.00000241. The largest absolute Gasteiger partial charge is 1.00 e. The number of benzene rings is 2. The van der Waals surface area contributed by atoms with Crippen molar-refractivity contribution in [3.63, 3.8) is 0 Å². The molecule has 0 unspecified atom stereocenters. The second-order valence-electron chi connectivity index (χ2n) is 11.2. The van der Waals surface area contributed by atoms with Gasteiger partial charge in [0.05, 0.1) is 0 Å². The van der Waals surface area contributed by atoms with Crippen molar-refractivity contribution >= 4 is 11.1 Å². The maximum atomic E-state index is 17.2. The molecule has 0 aromatic heterocycles. The zero-order chi connectivity index (χ0) is 26.0. The summed E-state index contributed by atoms with van der Waals surface area (Å²) >= 11 is 1.69. The average Bonchev–Trinajstić information content (AvgIpc) is 3.07. The number of hydrogen-bond acceptors (Lipinski definition) is 1.